The highest BCUT2D eigenvalue weighted by atomic mass is 32.2. The minimum atomic E-state index is -0.151. The number of nitrogens with zero attached hydrogens (tertiary/aromatic N) is 2. The van der Waals surface area contributed by atoms with Gasteiger partial charge in [-0.15, -0.1) is 10.2 Å². The highest BCUT2D eigenvalue weighted by Gasteiger charge is 2.07. The van der Waals surface area contributed by atoms with Gasteiger partial charge in [0.2, 0.25) is 5.89 Å². The van der Waals surface area contributed by atoms with E-state index in [9.17, 15) is 4.79 Å². The van der Waals surface area contributed by atoms with Crippen LogP contribution in [0.5, 0.6) is 0 Å². The zero-order valence-corrected chi connectivity index (χ0v) is 11.6. The third kappa shape index (κ3) is 5.97. The van der Waals surface area contributed by atoms with Crippen LogP contribution in [0.2, 0.25) is 0 Å². The van der Waals surface area contributed by atoms with Gasteiger partial charge in [-0.3, -0.25) is 4.79 Å². The molecule has 0 saturated heterocycles. The van der Waals surface area contributed by atoms with Crippen LogP contribution in [0.3, 0.4) is 0 Å². The fourth-order valence-electron chi connectivity index (χ4n) is 1.09. The van der Waals surface area contributed by atoms with E-state index in [0.717, 1.165) is 17.9 Å². The summed E-state index contributed by atoms with van der Waals surface area (Å²) in [7, 11) is 0. The van der Waals surface area contributed by atoms with Crippen LogP contribution in [-0.4, -0.2) is 34.8 Å². The van der Waals surface area contributed by atoms with Gasteiger partial charge in [-0.1, -0.05) is 11.8 Å². The van der Waals surface area contributed by atoms with Crippen molar-refractivity contribution in [3.8, 4) is 0 Å². The summed E-state index contributed by atoms with van der Waals surface area (Å²) in [4.78, 5) is 11.1. The molecule has 5 nitrogen and oxygen atoms in total. The minimum absolute atomic E-state index is 0.151. The molecule has 0 unspecified atom stereocenters. The van der Waals surface area contributed by atoms with Crippen LogP contribution in [0, 0.1) is 0 Å². The highest BCUT2D eigenvalue weighted by Crippen LogP contribution is 2.19. The maximum absolute atomic E-state index is 11.1. The van der Waals surface area contributed by atoms with Gasteiger partial charge in [0.1, 0.15) is 0 Å². The van der Waals surface area contributed by atoms with Crippen molar-refractivity contribution in [2.24, 2.45) is 0 Å². The van der Waals surface area contributed by atoms with Crippen molar-refractivity contribution in [1.29, 1.82) is 0 Å². The van der Waals surface area contributed by atoms with E-state index in [1.165, 1.54) is 11.8 Å². The molecule has 0 saturated carbocycles. The number of carbonyl (C=O) groups excluding carboxylic acids is 1. The molecule has 0 aromatic carbocycles. The Kier molecular flexibility index (Phi) is 7.11. The van der Waals surface area contributed by atoms with Crippen molar-refractivity contribution in [3.05, 3.63) is 5.89 Å². The summed E-state index contributed by atoms with van der Waals surface area (Å²) >= 11 is 3.11. The van der Waals surface area contributed by atoms with Crippen molar-refractivity contribution in [1.82, 2.24) is 10.2 Å². The largest absolute Gasteiger partial charge is 0.466 e. The Labute approximate surface area is 109 Å². The lowest BCUT2D eigenvalue weighted by atomic mass is 10.3. The van der Waals surface area contributed by atoms with Crippen LogP contribution in [0.25, 0.3) is 0 Å². The maximum atomic E-state index is 11.1. The molecule has 1 heterocycles. The molecule has 0 atom stereocenters. The van der Waals surface area contributed by atoms with E-state index < -0.39 is 0 Å². The van der Waals surface area contributed by atoms with Crippen molar-refractivity contribution < 1.29 is 13.9 Å². The van der Waals surface area contributed by atoms with Crippen molar-refractivity contribution in [2.45, 2.75) is 30.7 Å². The smallest absolute Gasteiger partial charge is 0.305 e. The van der Waals surface area contributed by atoms with E-state index in [2.05, 4.69) is 10.2 Å². The average molecular weight is 276 g/mol. The fourth-order valence-corrected chi connectivity index (χ4v) is 2.17. The van der Waals surface area contributed by atoms with Crippen LogP contribution in [0.4, 0.5) is 0 Å². The summed E-state index contributed by atoms with van der Waals surface area (Å²) in [6.45, 7) is 2.24. The van der Waals surface area contributed by atoms with Crippen LogP contribution in [0.15, 0.2) is 9.64 Å². The Morgan fingerprint density at radius 1 is 1.47 bits per heavy atom. The van der Waals surface area contributed by atoms with Gasteiger partial charge < -0.3 is 9.15 Å². The molecule has 0 N–H and O–H groups in total. The predicted octanol–water partition coefficient (Wildman–Crippen LogP) is 2.37. The fraction of sp³-hybridized carbons (Fsp3) is 0.700. The predicted molar refractivity (Wildman–Crippen MR) is 68.1 cm³/mol. The van der Waals surface area contributed by atoms with Gasteiger partial charge in [-0.05, 0) is 19.6 Å². The molecule has 0 aliphatic heterocycles. The molecule has 0 fully saturated rings. The van der Waals surface area contributed by atoms with E-state index in [1.807, 2.05) is 6.26 Å². The standard InChI is InChI=1S/C10H16N2O3S2/c1-3-14-9(13)5-4-6-17-10-12-11-8(15-10)7-16-2/h3-7H2,1-2H3. The lowest BCUT2D eigenvalue weighted by Gasteiger charge is -1.99. The minimum Gasteiger partial charge on any atom is -0.466 e. The number of esters is 1. The number of thioether (sulfide) groups is 2. The molecule has 0 aliphatic carbocycles. The first-order valence-corrected chi connectivity index (χ1v) is 7.74. The Morgan fingerprint density at radius 3 is 3.00 bits per heavy atom. The lowest BCUT2D eigenvalue weighted by Crippen LogP contribution is -2.03. The summed E-state index contributed by atoms with van der Waals surface area (Å²) < 4.78 is 10.2. The van der Waals surface area contributed by atoms with E-state index >= 15 is 0 Å². The van der Waals surface area contributed by atoms with E-state index in [-0.39, 0.29) is 5.97 Å². The van der Waals surface area contributed by atoms with Gasteiger partial charge in [-0.25, -0.2) is 0 Å². The van der Waals surface area contributed by atoms with Gasteiger partial charge in [0.15, 0.2) is 0 Å². The zero-order chi connectivity index (χ0) is 12.5. The van der Waals surface area contributed by atoms with E-state index in [1.54, 1.807) is 18.7 Å². The normalized spacial score (nSPS) is 10.5. The third-order valence-electron chi connectivity index (χ3n) is 1.77. The lowest BCUT2D eigenvalue weighted by molar-refractivity contribution is -0.143. The molecule has 0 amide bonds. The van der Waals surface area contributed by atoms with Crippen LogP contribution in [-0.2, 0) is 15.3 Å². The summed E-state index contributed by atoms with van der Waals surface area (Å²) in [5.74, 6) is 2.00. The number of hydrogen-bond acceptors (Lipinski definition) is 7. The molecule has 1 aromatic heterocycles. The SMILES string of the molecule is CCOC(=O)CCCSc1nnc(CSC)o1. The topological polar surface area (TPSA) is 65.2 Å². The Morgan fingerprint density at radius 2 is 2.29 bits per heavy atom. The van der Waals surface area contributed by atoms with E-state index in [4.69, 9.17) is 9.15 Å². The van der Waals surface area contributed by atoms with Gasteiger partial charge >= 0.3 is 5.97 Å². The van der Waals surface area contributed by atoms with Crippen molar-refractivity contribution >= 4 is 29.5 Å². The Balaban J connectivity index is 2.15. The number of carbonyl (C=O) groups is 1. The highest BCUT2D eigenvalue weighted by molar-refractivity contribution is 7.99. The Hall–Kier alpha value is -0.690. The van der Waals surface area contributed by atoms with Gasteiger partial charge in [-0.2, -0.15) is 11.8 Å². The molecule has 0 bridgehead atoms. The Bertz CT molecular complexity index is 344. The number of aromatic nitrogens is 2. The quantitative estimate of drug-likeness (QED) is 0.410. The van der Waals surface area contributed by atoms with Crippen LogP contribution in [0.1, 0.15) is 25.7 Å². The molecule has 0 spiro atoms. The second kappa shape index (κ2) is 8.41. The first-order valence-electron chi connectivity index (χ1n) is 5.36. The zero-order valence-electron chi connectivity index (χ0n) is 9.97. The first kappa shape index (κ1) is 14.4. The number of rotatable bonds is 8. The molecule has 7 heteroatoms. The van der Waals surface area contributed by atoms with Gasteiger partial charge in [0.25, 0.3) is 5.22 Å². The second-order valence-electron chi connectivity index (χ2n) is 3.15. The summed E-state index contributed by atoms with van der Waals surface area (Å²) in [5.41, 5.74) is 0. The molecule has 0 radical (unpaired) electrons. The second-order valence-corrected chi connectivity index (χ2v) is 5.06. The molecule has 0 aliphatic rings. The summed E-state index contributed by atoms with van der Waals surface area (Å²) in [6, 6.07) is 0. The molecule has 1 rings (SSSR count). The monoisotopic (exact) mass is 276 g/mol. The van der Waals surface area contributed by atoms with E-state index in [0.29, 0.717) is 24.1 Å². The average Bonchev–Trinajstić information content (AvgIpc) is 2.73. The number of hydrogen-bond donors (Lipinski definition) is 0. The first-order chi connectivity index (χ1) is 8.26. The molecule has 1 aromatic rings. The van der Waals surface area contributed by atoms with Gasteiger partial charge in [0.05, 0.1) is 12.4 Å². The maximum Gasteiger partial charge on any atom is 0.305 e. The van der Waals surface area contributed by atoms with Gasteiger partial charge in [0, 0.05) is 12.2 Å². The molecular weight excluding hydrogens is 260 g/mol. The molecular formula is C10H16N2O3S2. The van der Waals surface area contributed by atoms with Crippen LogP contribution < -0.4 is 0 Å². The molecule has 96 valence electrons. The summed E-state index contributed by atoms with van der Waals surface area (Å²) in [5, 5.41) is 8.37. The third-order valence-corrected chi connectivity index (χ3v) is 3.21. The van der Waals surface area contributed by atoms with Crippen LogP contribution >= 0.6 is 23.5 Å². The molecule has 17 heavy (non-hydrogen) atoms. The van der Waals surface area contributed by atoms with Crippen molar-refractivity contribution in [3.63, 3.8) is 0 Å². The summed E-state index contributed by atoms with van der Waals surface area (Å²) in [6.07, 6.45) is 3.17. The van der Waals surface area contributed by atoms with Crippen molar-refractivity contribution in [2.75, 3.05) is 18.6 Å². The number of ether oxygens (including phenoxy) is 1.